The molecule has 1 aliphatic carbocycles. The molecule has 2 aliphatic rings. The van der Waals surface area contributed by atoms with Gasteiger partial charge in [0.2, 0.25) is 0 Å². The van der Waals surface area contributed by atoms with E-state index < -0.39 is 5.60 Å². The highest BCUT2D eigenvalue weighted by Crippen LogP contribution is 2.32. The lowest BCUT2D eigenvalue weighted by Gasteiger charge is -2.42. The van der Waals surface area contributed by atoms with Crippen molar-refractivity contribution < 1.29 is 14.3 Å². The molecule has 0 aromatic heterocycles. The van der Waals surface area contributed by atoms with Crippen LogP contribution in [0.2, 0.25) is 5.02 Å². The summed E-state index contributed by atoms with van der Waals surface area (Å²) >= 11 is 9.66. The third-order valence-electron chi connectivity index (χ3n) is 5.67. The van der Waals surface area contributed by atoms with E-state index in [1.54, 1.807) is 0 Å². The van der Waals surface area contributed by atoms with Crippen molar-refractivity contribution in [2.24, 2.45) is 5.92 Å². The number of ether oxygens (including phenoxy) is 2. The maximum absolute atomic E-state index is 12.2. The van der Waals surface area contributed by atoms with E-state index in [2.05, 4.69) is 20.8 Å². The fourth-order valence-corrected chi connectivity index (χ4v) is 4.80. The van der Waals surface area contributed by atoms with Gasteiger partial charge in [-0.05, 0) is 70.6 Å². The Bertz CT molecular complexity index is 694. The largest absolute Gasteiger partial charge is 0.492 e. The monoisotopic (exact) mass is 486 g/mol. The minimum atomic E-state index is -0.435. The Hall–Kier alpha value is -0.980. The average molecular weight is 488 g/mol. The second-order valence-corrected chi connectivity index (χ2v) is 10.4. The number of carbonyl (C=O) groups excluding carboxylic acids is 1. The molecule has 1 aromatic carbocycles. The molecule has 1 aromatic rings. The van der Waals surface area contributed by atoms with E-state index in [-0.39, 0.29) is 6.09 Å². The van der Waals surface area contributed by atoms with Crippen LogP contribution in [-0.2, 0) is 4.74 Å². The summed E-state index contributed by atoms with van der Waals surface area (Å²) in [6.45, 7) is 9.82. The van der Waals surface area contributed by atoms with Crippen LogP contribution >= 0.6 is 27.5 Å². The summed E-state index contributed by atoms with van der Waals surface area (Å²) in [5.74, 6) is 1.34. The van der Waals surface area contributed by atoms with Crippen molar-refractivity contribution in [2.45, 2.75) is 58.1 Å². The predicted octanol–water partition coefficient (Wildman–Crippen LogP) is 5.59. The van der Waals surface area contributed by atoms with Crippen molar-refractivity contribution in [1.82, 2.24) is 9.80 Å². The molecule has 1 saturated heterocycles. The number of halogens is 2. The third kappa shape index (κ3) is 6.76. The molecule has 0 unspecified atom stereocenters. The van der Waals surface area contributed by atoms with E-state index in [0.29, 0.717) is 17.0 Å². The fraction of sp³-hybridized carbons (Fsp3) is 0.682. The SMILES string of the molecule is CC(C)(C)OC(=O)N1CCN([C@H]2CC[C@H](COc3ccc(Br)cc3Cl)CC2)CC1. The smallest absolute Gasteiger partial charge is 0.410 e. The molecule has 162 valence electrons. The highest BCUT2D eigenvalue weighted by Gasteiger charge is 2.31. The van der Waals surface area contributed by atoms with Crippen molar-refractivity contribution in [2.75, 3.05) is 32.8 Å². The first-order valence-electron chi connectivity index (χ1n) is 10.5. The van der Waals surface area contributed by atoms with E-state index in [4.69, 9.17) is 21.1 Å². The molecule has 1 aliphatic heterocycles. The molecule has 29 heavy (non-hydrogen) atoms. The van der Waals surface area contributed by atoms with Crippen LogP contribution in [0.1, 0.15) is 46.5 Å². The molecule has 3 rings (SSSR count). The lowest BCUT2D eigenvalue weighted by molar-refractivity contribution is 0.00654. The van der Waals surface area contributed by atoms with Gasteiger partial charge in [-0.1, -0.05) is 27.5 Å². The Balaban J connectivity index is 1.38. The van der Waals surface area contributed by atoms with Crippen molar-refractivity contribution in [3.63, 3.8) is 0 Å². The van der Waals surface area contributed by atoms with Crippen LogP contribution in [0, 0.1) is 5.92 Å². The van der Waals surface area contributed by atoms with Gasteiger partial charge in [0.25, 0.3) is 0 Å². The summed E-state index contributed by atoms with van der Waals surface area (Å²) < 4.78 is 12.4. The zero-order valence-corrected chi connectivity index (χ0v) is 20.0. The highest BCUT2D eigenvalue weighted by atomic mass is 79.9. The minimum Gasteiger partial charge on any atom is -0.492 e. The quantitative estimate of drug-likeness (QED) is 0.555. The number of benzene rings is 1. The predicted molar refractivity (Wildman–Crippen MR) is 120 cm³/mol. The second kappa shape index (κ2) is 9.88. The van der Waals surface area contributed by atoms with E-state index in [1.165, 1.54) is 25.7 Å². The number of piperazine rings is 1. The fourth-order valence-electron chi connectivity index (χ4n) is 4.07. The summed E-state index contributed by atoms with van der Waals surface area (Å²) in [6, 6.07) is 6.35. The Morgan fingerprint density at radius 1 is 1.14 bits per heavy atom. The lowest BCUT2D eigenvalue weighted by Crippen LogP contribution is -2.53. The van der Waals surface area contributed by atoms with Crippen LogP contribution in [0.5, 0.6) is 5.75 Å². The first-order valence-corrected chi connectivity index (χ1v) is 11.7. The average Bonchev–Trinajstić information content (AvgIpc) is 2.66. The highest BCUT2D eigenvalue weighted by molar-refractivity contribution is 9.10. The van der Waals surface area contributed by atoms with Gasteiger partial charge in [-0.2, -0.15) is 0 Å². The maximum Gasteiger partial charge on any atom is 0.410 e. The van der Waals surface area contributed by atoms with E-state index in [0.717, 1.165) is 43.0 Å². The van der Waals surface area contributed by atoms with Gasteiger partial charge in [-0.15, -0.1) is 0 Å². The van der Waals surface area contributed by atoms with E-state index in [1.807, 2.05) is 43.9 Å². The van der Waals surface area contributed by atoms with Gasteiger partial charge in [0.15, 0.2) is 0 Å². The van der Waals surface area contributed by atoms with Crippen LogP contribution in [-0.4, -0.2) is 60.3 Å². The number of rotatable bonds is 4. The minimum absolute atomic E-state index is 0.190. The van der Waals surface area contributed by atoms with Gasteiger partial charge in [0.1, 0.15) is 11.4 Å². The third-order valence-corrected chi connectivity index (χ3v) is 6.46. The molecule has 5 nitrogen and oxygen atoms in total. The summed E-state index contributed by atoms with van der Waals surface area (Å²) in [6.07, 6.45) is 4.53. The zero-order valence-electron chi connectivity index (χ0n) is 17.6. The first kappa shape index (κ1) is 22.7. The topological polar surface area (TPSA) is 42.0 Å². The molecule has 2 fully saturated rings. The van der Waals surface area contributed by atoms with Gasteiger partial charge in [-0.3, -0.25) is 4.90 Å². The number of hydrogen-bond acceptors (Lipinski definition) is 4. The van der Waals surface area contributed by atoms with Gasteiger partial charge in [-0.25, -0.2) is 4.79 Å². The Kier molecular flexibility index (Phi) is 7.74. The summed E-state index contributed by atoms with van der Waals surface area (Å²) in [7, 11) is 0. The van der Waals surface area contributed by atoms with Crippen molar-refractivity contribution in [3.8, 4) is 5.75 Å². The van der Waals surface area contributed by atoms with Gasteiger partial charge >= 0.3 is 6.09 Å². The number of nitrogens with zero attached hydrogens (tertiary/aromatic N) is 2. The molecule has 1 saturated carbocycles. The van der Waals surface area contributed by atoms with Crippen molar-refractivity contribution >= 4 is 33.6 Å². The zero-order chi connectivity index (χ0) is 21.0. The number of amides is 1. The molecule has 0 spiro atoms. The van der Waals surface area contributed by atoms with Gasteiger partial charge < -0.3 is 14.4 Å². The van der Waals surface area contributed by atoms with Crippen molar-refractivity contribution in [1.29, 1.82) is 0 Å². The second-order valence-electron chi connectivity index (χ2n) is 9.06. The maximum atomic E-state index is 12.2. The Morgan fingerprint density at radius 2 is 1.79 bits per heavy atom. The molecule has 1 amide bonds. The molecule has 0 bridgehead atoms. The first-order chi connectivity index (χ1) is 13.7. The standard InChI is InChI=1S/C22H32BrClN2O3/c1-22(2,3)29-21(27)26-12-10-25(11-13-26)18-7-4-16(5-8-18)15-28-20-9-6-17(23)14-19(20)24/h6,9,14,16,18H,4-5,7-8,10-13,15H2,1-3H3/t16-,18-. The molecule has 7 heteroatoms. The molecule has 0 N–H and O–H groups in total. The Labute approximate surface area is 187 Å². The van der Waals surface area contributed by atoms with Crippen LogP contribution < -0.4 is 4.74 Å². The molecule has 0 atom stereocenters. The van der Waals surface area contributed by atoms with Crippen molar-refractivity contribution in [3.05, 3.63) is 27.7 Å². The van der Waals surface area contributed by atoms with E-state index in [9.17, 15) is 4.79 Å². The summed E-state index contributed by atoms with van der Waals surface area (Å²) in [4.78, 5) is 16.6. The molecule has 1 heterocycles. The molecule has 0 radical (unpaired) electrons. The van der Waals surface area contributed by atoms with Gasteiger partial charge in [0, 0.05) is 36.7 Å². The van der Waals surface area contributed by atoms with Crippen LogP contribution in [0.25, 0.3) is 0 Å². The summed E-state index contributed by atoms with van der Waals surface area (Å²) in [5, 5.41) is 0.649. The lowest BCUT2D eigenvalue weighted by atomic mass is 9.85. The van der Waals surface area contributed by atoms with Crippen LogP contribution in [0.15, 0.2) is 22.7 Å². The van der Waals surface area contributed by atoms with Crippen LogP contribution in [0.4, 0.5) is 4.79 Å². The number of carbonyl (C=O) groups is 1. The Morgan fingerprint density at radius 3 is 2.38 bits per heavy atom. The molecular weight excluding hydrogens is 456 g/mol. The number of hydrogen-bond donors (Lipinski definition) is 0. The van der Waals surface area contributed by atoms with Crippen LogP contribution in [0.3, 0.4) is 0 Å². The van der Waals surface area contributed by atoms with Gasteiger partial charge in [0.05, 0.1) is 11.6 Å². The molecular formula is C22H32BrClN2O3. The summed E-state index contributed by atoms with van der Waals surface area (Å²) in [5.41, 5.74) is -0.435. The van der Waals surface area contributed by atoms with E-state index >= 15 is 0 Å². The normalized spacial score (nSPS) is 23.7.